The Bertz CT molecular complexity index is 816. The molecule has 6 heteroatoms. The summed E-state index contributed by atoms with van der Waals surface area (Å²) in [5.41, 5.74) is 1.84. The van der Waals surface area contributed by atoms with E-state index in [-0.39, 0.29) is 10.8 Å². The van der Waals surface area contributed by atoms with E-state index in [2.05, 4.69) is 14.8 Å². The molecule has 1 aliphatic heterocycles. The van der Waals surface area contributed by atoms with E-state index in [0.29, 0.717) is 6.04 Å². The SMILES string of the molecule is CC1=Nc2c(c(=O)[nH]n2C2CCCCCCC2)C(c2cccnc2)S1. The van der Waals surface area contributed by atoms with Crippen molar-refractivity contribution in [2.45, 2.75) is 63.2 Å². The van der Waals surface area contributed by atoms with Crippen LogP contribution in [-0.2, 0) is 0 Å². The first kappa shape index (κ1) is 16.6. The second-order valence-corrected chi connectivity index (χ2v) is 8.26. The minimum absolute atomic E-state index is 0.00494. The fourth-order valence-electron chi connectivity index (χ4n) is 3.93. The number of pyridine rings is 1. The van der Waals surface area contributed by atoms with Gasteiger partial charge < -0.3 is 0 Å². The molecule has 2 aromatic heterocycles. The molecule has 1 atom stereocenters. The Labute approximate surface area is 151 Å². The standard InChI is InChI=1S/C19H24N4OS/c1-13-21-18-16(17(25-13)14-8-7-11-20-12-14)19(24)22-23(18)15-9-5-3-2-4-6-10-15/h7-8,11-12,15,17H,2-6,9-10H2,1H3,(H,22,24). The first-order valence-corrected chi connectivity index (χ1v) is 10.1. The van der Waals surface area contributed by atoms with Crippen LogP contribution < -0.4 is 5.56 Å². The molecule has 3 heterocycles. The molecule has 0 spiro atoms. The van der Waals surface area contributed by atoms with Crippen LogP contribution in [0.3, 0.4) is 0 Å². The van der Waals surface area contributed by atoms with Crippen molar-refractivity contribution in [2.24, 2.45) is 4.99 Å². The largest absolute Gasteiger partial charge is 0.271 e. The van der Waals surface area contributed by atoms with E-state index in [1.54, 1.807) is 18.0 Å². The van der Waals surface area contributed by atoms with Gasteiger partial charge in [-0.05, 0) is 31.4 Å². The number of aromatic amines is 1. The molecule has 0 radical (unpaired) electrons. The molecule has 2 aromatic rings. The van der Waals surface area contributed by atoms with Crippen LogP contribution in [0.5, 0.6) is 0 Å². The first-order valence-electron chi connectivity index (χ1n) is 9.20. The molecule has 0 saturated heterocycles. The van der Waals surface area contributed by atoms with Crippen molar-refractivity contribution in [3.63, 3.8) is 0 Å². The van der Waals surface area contributed by atoms with Crippen molar-refractivity contribution < 1.29 is 0 Å². The highest BCUT2D eigenvalue weighted by Gasteiger charge is 2.31. The Morgan fingerprint density at radius 3 is 2.68 bits per heavy atom. The molecule has 1 aliphatic carbocycles. The average Bonchev–Trinajstić information content (AvgIpc) is 2.91. The summed E-state index contributed by atoms with van der Waals surface area (Å²) in [6.07, 6.45) is 12.2. The van der Waals surface area contributed by atoms with Gasteiger partial charge in [-0.3, -0.25) is 19.6 Å². The van der Waals surface area contributed by atoms with Gasteiger partial charge in [-0.25, -0.2) is 4.99 Å². The van der Waals surface area contributed by atoms with Crippen LogP contribution in [0.4, 0.5) is 5.82 Å². The Hall–Kier alpha value is -1.82. The number of H-pyrrole nitrogens is 1. The van der Waals surface area contributed by atoms with Crippen LogP contribution in [0, 0.1) is 0 Å². The summed E-state index contributed by atoms with van der Waals surface area (Å²) >= 11 is 1.64. The molecule has 2 aliphatic rings. The van der Waals surface area contributed by atoms with E-state index in [1.165, 1.54) is 32.1 Å². The fourth-order valence-corrected chi connectivity index (χ4v) is 5.02. The Kier molecular flexibility index (Phi) is 4.79. The molecule has 5 nitrogen and oxygen atoms in total. The van der Waals surface area contributed by atoms with Crippen molar-refractivity contribution in [1.82, 2.24) is 14.8 Å². The molecule has 1 unspecified atom stereocenters. The third-order valence-corrected chi connectivity index (χ3v) is 6.35. The average molecular weight is 356 g/mol. The van der Waals surface area contributed by atoms with Gasteiger partial charge in [-0.2, -0.15) is 0 Å². The van der Waals surface area contributed by atoms with Crippen LogP contribution in [-0.4, -0.2) is 19.8 Å². The number of rotatable bonds is 2. The van der Waals surface area contributed by atoms with Crippen LogP contribution in [0.15, 0.2) is 34.3 Å². The topological polar surface area (TPSA) is 63.0 Å². The van der Waals surface area contributed by atoms with Gasteiger partial charge in [0.05, 0.1) is 21.9 Å². The number of fused-ring (bicyclic) bond motifs is 1. The lowest BCUT2D eigenvalue weighted by atomic mass is 9.97. The summed E-state index contributed by atoms with van der Waals surface area (Å²) in [5.74, 6) is 0.834. The quantitative estimate of drug-likeness (QED) is 0.845. The van der Waals surface area contributed by atoms with Gasteiger partial charge >= 0.3 is 0 Å². The van der Waals surface area contributed by atoms with Gasteiger partial charge in [0.15, 0.2) is 5.82 Å². The Morgan fingerprint density at radius 2 is 1.96 bits per heavy atom. The molecular formula is C19H24N4OS. The van der Waals surface area contributed by atoms with Crippen LogP contribution >= 0.6 is 11.8 Å². The molecular weight excluding hydrogens is 332 g/mol. The van der Waals surface area contributed by atoms with Gasteiger partial charge in [0.1, 0.15) is 0 Å². The summed E-state index contributed by atoms with van der Waals surface area (Å²) in [6, 6.07) is 4.32. The number of hydrogen-bond donors (Lipinski definition) is 1. The van der Waals surface area contributed by atoms with Crippen molar-refractivity contribution in [1.29, 1.82) is 0 Å². The van der Waals surface area contributed by atoms with Gasteiger partial charge in [0, 0.05) is 12.4 Å². The normalized spacial score (nSPS) is 22.0. The van der Waals surface area contributed by atoms with Gasteiger partial charge in [-0.15, -0.1) is 0 Å². The number of nitrogens with one attached hydrogen (secondary N) is 1. The molecule has 132 valence electrons. The highest BCUT2D eigenvalue weighted by Crippen LogP contribution is 2.44. The third-order valence-electron chi connectivity index (χ3n) is 5.18. The van der Waals surface area contributed by atoms with Crippen LogP contribution in [0.1, 0.15) is 74.3 Å². The van der Waals surface area contributed by atoms with Crippen molar-refractivity contribution in [3.8, 4) is 0 Å². The van der Waals surface area contributed by atoms with E-state index in [9.17, 15) is 4.79 Å². The maximum atomic E-state index is 12.8. The van der Waals surface area contributed by atoms with Crippen molar-refractivity contribution in [2.75, 3.05) is 0 Å². The molecule has 1 N–H and O–H groups in total. The molecule has 0 aromatic carbocycles. The fraction of sp³-hybridized carbons (Fsp3) is 0.526. The Morgan fingerprint density at radius 1 is 1.20 bits per heavy atom. The summed E-state index contributed by atoms with van der Waals surface area (Å²) in [5, 5.41) is 4.09. The predicted molar refractivity (Wildman–Crippen MR) is 103 cm³/mol. The van der Waals surface area contributed by atoms with E-state index in [1.807, 2.05) is 25.3 Å². The predicted octanol–water partition coefficient (Wildman–Crippen LogP) is 4.74. The monoisotopic (exact) mass is 356 g/mol. The van der Waals surface area contributed by atoms with E-state index in [0.717, 1.165) is 34.8 Å². The van der Waals surface area contributed by atoms with Gasteiger partial charge in [-0.1, -0.05) is 49.9 Å². The highest BCUT2D eigenvalue weighted by molar-refractivity contribution is 8.14. The number of nitrogens with zero attached hydrogens (tertiary/aromatic N) is 3. The zero-order valence-corrected chi connectivity index (χ0v) is 15.4. The third kappa shape index (κ3) is 3.32. The maximum Gasteiger partial charge on any atom is 0.271 e. The zero-order valence-electron chi connectivity index (χ0n) is 14.6. The second kappa shape index (κ2) is 7.20. The summed E-state index contributed by atoms with van der Waals surface area (Å²) in [6.45, 7) is 2.02. The molecule has 0 bridgehead atoms. The smallest absolute Gasteiger partial charge is 0.268 e. The van der Waals surface area contributed by atoms with Gasteiger partial charge in [0.2, 0.25) is 0 Å². The molecule has 1 fully saturated rings. The van der Waals surface area contributed by atoms with E-state index < -0.39 is 0 Å². The summed E-state index contributed by atoms with van der Waals surface area (Å²) in [4.78, 5) is 21.8. The molecule has 0 amide bonds. The zero-order chi connectivity index (χ0) is 17.2. The number of hydrogen-bond acceptors (Lipinski definition) is 4. The van der Waals surface area contributed by atoms with Crippen LogP contribution in [0.25, 0.3) is 0 Å². The summed E-state index contributed by atoms with van der Waals surface area (Å²) in [7, 11) is 0. The number of thioether (sulfide) groups is 1. The van der Waals surface area contributed by atoms with E-state index in [4.69, 9.17) is 4.99 Å². The lowest BCUT2D eigenvalue weighted by Crippen LogP contribution is -2.15. The maximum absolute atomic E-state index is 12.8. The first-order chi connectivity index (χ1) is 12.2. The molecule has 1 saturated carbocycles. The lowest BCUT2D eigenvalue weighted by molar-refractivity contribution is 0.349. The highest BCUT2D eigenvalue weighted by atomic mass is 32.2. The Balaban J connectivity index is 1.76. The summed E-state index contributed by atoms with van der Waals surface area (Å²) < 4.78 is 2.07. The van der Waals surface area contributed by atoms with E-state index >= 15 is 0 Å². The van der Waals surface area contributed by atoms with Gasteiger partial charge in [0.25, 0.3) is 5.56 Å². The minimum atomic E-state index is -0.0280. The molecule has 25 heavy (non-hydrogen) atoms. The number of aromatic nitrogens is 3. The van der Waals surface area contributed by atoms with Crippen molar-refractivity contribution >= 4 is 22.6 Å². The van der Waals surface area contributed by atoms with Crippen molar-refractivity contribution in [3.05, 3.63) is 46.0 Å². The minimum Gasteiger partial charge on any atom is -0.268 e. The second-order valence-electron chi connectivity index (χ2n) is 6.96. The lowest BCUT2D eigenvalue weighted by Gasteiger charge is -2.25. The van der Waals surface area contributed by atoms with Crippen LogP contribution in [0.2, 0.25) is 0 Å². The molecule has 4 rings (SSSR count). The number of aliphatic imine (C=N–C) groups is 1.